The fourth-order valence-electron chi connectivity index (χ4n) is 2.48. The molecule has 0 aliphatic rings. The summed E-state index contributed by atoms with van der Waals surface area (Å²) in [4.78, 5) is 0. The van der Waals surface area contributed by atoms with E-state index in [2.05, 4.69) is 56.1 Å². The number of benzene rings is 3. The summed E-state index contributed by atoms with van der Waals surface area (Å²) >= 11 is 7.09. The van der Waals surface area contributed by atoms with Crippen LogP contribution in [0.1, 0.15) is 0 Å². The minimum absolute atomic E-state index is 0.236. The maximum absolute atomic E-state index is 6.04. The Morgan fingerprint density at radius 2 is 1.61 bits per heavy atom. The topological polar surface area (TPSA) is 22.4 Å². The predicted molar refractivity (Wildman–Crippen MR) is 104 cm³/mol. The van der Waals surface area contributed by atoms with Crippen LogP contribution in [0.3, 0.4) is 0 Å². The highest BCUT2D eigenvalue weighted by molar-refractivity contribution is 9.10. The molecule has 0 saturated carbocycles. The minimum Gasteiger partial charge on any atom is -0.468 e. The molecule has 0 amide bonds. The average molecular weight is 450 g/mol. The second kappa shape index (κ2) is 6.27. The highest BCUT2D eigenvalue weighted by Gasteiger charge is 2.14. The third-order valence-corrected chi connectivity index (χ3v) is 5.36. The Bertz CT molecular complexity index is 996. The van der Waals surface area contributed by atoms with Crippen molar-refractivity contribution >= 4 is 67.9 Å². The Morgan fingerprint density at radius 1 is 0.826 bits per heavy atom. The molecule has 1 heterocycles. The van der Waals surface area contributed by atoms with Crippen LogP contribution in [-0.2, 0) is 0 Å². The third kappa shape index (κ3) is 3.03. The zero-order chi connectivity index (χ0) is 15.8. The van der Waals surface area contributed by atoms with Crippen molar-refractivity contribution in [1.82, 2.24) is 0 Å². The van der Waals surface area contributed by atoms with Gasteiger partial charge in [-0.3, -0.25) is 0 Å². The fraction of sp³-hybridized carbons (Fsp3) is 0. The van der Waals surface area contributed by atoms with Crippen molar-refractivity contribution in [3.8, 4) is 5.75 Å². The van der Waals surface area contributed by atoms with Gasteiger partial charge in [-0.1, -0.05) is 62.2 Å². The largest absolute Gasteiger partial charge is 0.468 e. The molecule has 23 heavy (non-hydrogen) atoms. The molecule has 0 bridgehead atoms. The first kappa shape index (κ1) is 15.2. The zero-order valence-corrected chi connectivity index (χ0v) is 16.0. The smallest absolute Gasteiger partial charge is 0.177 e. The van der Waals surface area contributed by atoms with Crippen molar-refractivity contribution in [3.05, 3.63) is 69.6 Å². The summed E-state index contributed by atoms with van der Waals surface area (Å²) in [7, 11) is 0.236. The minimum atomic E-state index is 0.236. The van der Waals surface area contributed by atoms with Crippen molar-refractivity contribution in [2.75, 3.05) is 0 Å². The van der Waals surface area contributed by atoms with E-state index in [0.717, 1.165) is 41.9 Å². The van der Waals surface area contributed by atoms with Crippen molar-refractivity contribution in [2.24, 2.45) is 0 Å². The molecular formula is C18H11Br2O2P. The summed E-state index contributed by atoms with van der Waals surface area (Å²) in [5.74, 6) is 0.754. The van der Waals surface area contributed by atoms with Crippen LogP contribution in [0, 0.1) is 0 Å². The summed E-state index contributed by atoms with van der Waals surface area (Å²) in [6, 6.07) is 20.2. The van der Waals surface area contributed by atoms with E-state index < -0.39 is 0 Å². The molecule has 2 nitrogen and oxygen atoms in total. The van der Waals surface area contributed by atoms with Crippen LogP contribution >= 0.6 is 40.7 Å². The molecule has 0 fully saturated rings. The Hall–Kier alpha value is -1.35. The van der Waals surface area contributed by atoms with Crippen LogP contribution in [0.4, 0.5) is 0 Å². The molecule has 0 saturated heterocycles. The van der Waals surface area contributed by atoms with E-state index >= 15 is 0 Å². The highest BCUT2D eigenvalue weighted by Crippen LogP contribution is 2.39. The maximum Gasteiger partial charge on any atom is 0.177 e. The SMILES string of the molecule is Brc1ccc2oc3c(OPc4ccccc4)cc(Br)cc3c2c1. The lowest BCUT2D eigenvalue weighted by atomic mass is 10.1. The summed E-state index contributed by atoms with van der Waals surface area (Å²) < 4.78 is 14.1. The molecule has 4 rings (SSSR count). The average Bonchev–Trinajstić information content (AvgIpc) is 2.91. The van der Waals surface area contributed by atoms with Gasteiger partial charge < -0.3 is 8.94 Å². The van der Waals surface area contributed by atoms with Gasteiger partial charge in [0.05, 0.1) is 0 Å². The van der Waals surface area contributed by atoms with Gasteiger partial charge in [0, 0.05) is 25.0 Å². The predicted octanol–water partition coefficient (Wildman–Crippen LogP) is 6.41. The van der Waals surface area contributed by atoms with Crippen molar-refractivity contribution in [1.29, 1.82) is 0 Å². The van der Waals surface area contributed by atoms with Crippen molar-refractivity contribution in [2.45, 2.75) is 0 Å². The number of hydrogen-bond donors (Lipinski definition) is 0. The summed E-state index contributed by atoms with van der Waals surface area (Å²) in [6.07, 6.45) is 0. The number of hydrogen-bond acceptors (Lipinski definition) is 2. The molecule has 0 aliphatic heterocycles. The normalized spacial score (nSPS) is 11.7. The molecule has 3 aromatic carbocycles. The molecule has 1 unspecified atom stereocenters. The Kier molecular flexibility index (Phi) is 4.14. The molecule has 0 N–H and O–H groups in total. The summed E-state index contributed by atoms with van der Waals surface area (Å²) in [6.45, 7) is 0. The molecule has 0 radical (unpaired) electrons. The molecule has 1 atom stereocenters. The van der Waals surface area contributed by atoms with Gasteiger partial charge in [-0.05, 0) is 30.3 Å². The molecule has 1 aromatic heterocycles. The highest BCUT2D eigenvalue weighted by atomic mass is 79.9. The molecule has 5 heteroatoms. The second-order valence-electron chi connectivity index (χ2n) is 5.09. The molecule has 0 spiro atoms. The lowest BCUT2D eigenvalue weighted by molar-refractivity contribution is 0.601. The summed E-state index contributed by atoms with van der Waals surface area (Å²) in [5.41, 5.74) is 1.64. The van der Waals surface area contributed by atoms with E-state index in [9.17, 15) is 0 Å². The van der Waals surface area contributed by atoms with E-state index in [0.29, 0.717) is 0 Å². The van der Waals surface area contributed by atoms with Gasteiger partial charge in [0.2, 0.25) is 0 Å². The van der Waals surface area contributed by atoms with Crippen LogP contribution in [-0.4, -0.2) is 0 Å². The number of fused-ring (bicyclic) bond motifs is 3. The van der Waals surface area contributed by atoms with Crippen LogP contribution in [0.2, 0.25) is 0 Å². The molecule has 0 aliphatic carbocycles. The maximum atomic E-state index is 6.04. The van der Waals surface area contributed by atoms with E-state index in [1.807, 2.05) is 36.4 Å². The van der Waals surface area contributed by atoms with Crippen LogP contribution in [0.15, 0.2) is 74.0 Å². The second-order valence-corrected chi connectivity index (χ2v) is 7.91. The number of furan rings is 1. The zero-order valence-electron chi connectivity index (χ0n) is 11.8. The third-order valence-electron chi connectivity index (χ3n) is 3.52. The fourth-order valence-corrected chi connectivity index (χ4v) is 3.99. The lowest BCUT2D eigenvalue weighted by Crippen LogP contribution is -1.94. The number of rotatable bonds is 3. The molecular weight excluding hydrogens is 439 g/mol. The Balaban J connectivity index is 1.81. The first-order valence-electron chi connectivity index (χ1n) is 7.00. The van der Waals surface area contributed by atoms with E-state index in [-0.39, 0.29) is 8.81 Å². The summed E-state index contributed by atoms with van der Waals surface area (Å²) in [5, 5.41) is 3.27. The van der Waals surface area contributed by atoms with Crippen molar-refractivity contribution in [3.63, 3.8) is 0 Å². The van der Waals surface area contributed by atoms with Crippen molar-refractivity contribution < 1.29 is 8.94 Å². The van der Waals surface area contributed by atoms with Gasteiger partial charge in [-0.25, -0.2) is 0 Å². The Morgan fingerprint density at radius 3 is 2.43 bits per heavy atom. The monoisotopic (exact) mass is 448 g/mol. The van der Waals surface area contributed by atoms with Gasteiger partial charge in [-0.2, -0.15) is 0 Å². The molecule has 4 aromatic rings. The molecule has 114 valence electrons. The quantitative estimate of drug-likeness (QED) is 0.337. The van der Waals surface area contributed by atoms with Crippen LogP contribution in [0.5, 0.6) is 5.75 Å². The number of halogens is 2. The lowest BCUT2D eigenvalue weighted by Gasteiger charge is -2.07. The van der Waals surface area contributed by atoms with E-state index in [1.165, 1.54) is 0 Å². The van der Waals surface area contributed by atoms with E-state index in [4.69, 9.17) is 8.94 Å². The van der Waals surface area contributed by atoms with E-state index in [1.54, 1.807) is 0 Å². The van der Waals surface area contributed by atoms with Crippen LogP contribution < -0.4 is 9.83 Å². The first-order chi connectivity index (χ1) is 11.2. The van der Waals surface area contributed by atoms with Crippen LogP contribution in [0.25, 0.3) is 21.9 Å². The van der Waals surface area contributed by atoms with Gasteiger partial charge in [0.25, 0.3) is 0 Å². The Labute approximate surface area is 151 Å². The first-order valence-corrected chi connectivity index (χ1v) is 9.49. The van der Waals surface area contributed by atoms with Gasteiger partial charge >= 0.3 is 0 Å². The van der Waals surface area contributed by atoms with Gasteiger partial charge in [-0.15, -0.1) is 0 Å². The van der Waals surface area contributed by atoms with Gasteiger partial charge in [0.15, 0.2) is 11.3 Å². The van der Waals surface area contributed by atoms with Gasteiger partial charge in [0.1, 0.15) is 14.4 Å². The standard InChI is InChI=1S/C18H11Br2O2P/c19-11-6-7-16-14(8-11)15-9-12(20)10-17(18(15)21-16)22-23-13-4-2-1-3-5-13/h1-10,23H.